The minimum Gasteiger partial charge on any atom is -0.496 e. The van der Waals surface area contributed by atoms with Crippen molar-refractivity contribution >= 4 is 11.7 Å². The van der Waals surface area contributed by atoms with E-state index in [1.807, 2.05) is 24.3 Å². The molecule has 4 heteroatoms. The average Bonchev–Trinajstić information content (AvgIpc) is 2.70. The second kappa shape index (κ2) is 4.45. The van der Waals surface area contributed by atoms with Crippen LogP contribution in [0.5, 0.6) is 5.75 Å². The van der Waals surface area contributed by atoms with Gasteiger partial charge >= 0.3 is 0 Å². The third-order valence-corrected chi connectivity index (χ3v) is 2.76. The molecule has 1 aliphatic rings. The molecule has 1 N–H and O–H groups in total. The van der Waals surface area contributed by atoms with E-state index in [1.54, 1.807) is 7.11 Å². The second-order valence-electron chi connectivity index (χ2n) is 3.67. The highest BCUT2D eigenvalue weighted by Crippen LogP contribution is 2.17. The molecule has 0 amide bonds. The molecule has 1 heterocycles. The lowest BCUT2D eigenvalue weighted by molar-refractivity contribution is -0.672. The summed E-state index contributed by atoms with van der Waals surface area (Å²) in [6, 6.07) is 7.89. The lowest BCUT2D eigenvalue weighted by Crippen LogP contribution is -3.13. The monoisotopic (exact) mass is 218 g/mol. The van der Waals surface area contributed by atoms with Gasteiger partial charge in [-0.15, -0.1) is 0 Å². The lowest BCUT2D eigenvalue weighted by Gasteiger charge is -2.11. The van der Waals surface area contributed by atoms with Crippen molar-refractivity contribution in [2.45, 2.75) is 13.3 Å². The number of nitrogens with one attached hydrogen (secondary N) is 1. The predicted octanol–water partition coefficient (Wildman–Crippen LogP) is 0.694. The molecule has 1 unspecified atom stereocenters. The summed E-state index contributed by atoms with van der Waals surface area (Å²) in [5, 5.41) is 8.42. The Kier molecular flexibility index (Phi) is 3.01. The highest BCUT2D eigenvalue weighted by molar-refractivity contribution is 6.02. The smallest absolute Gasteiger partial charge is 0.262 e. The van der Waals surface area contributed by atoms with Crippen LogP contribution in [0.15, 0.2) is 34.5 Å². The van der Waals surface area contributed by atoms with E-state index >= 15 is 0 Å². The zero-order valence-corrected chi connectivity index (χ0v) is 9.82. The molecular weight excluding hydrogens is 202 g/mol. The van der Waals surface area contributed by atoms with Crippen molar-refractivity contribution in [3.8, 4) is 5.75 Å². The summed E-state index contributed by atoms with van der Waals surface area (Å²) in [7, 11) is 3.73. The molecule has 1 aromatic rings. The van der Waals surface area contributed by atoms with E-state index in [0.717, 1.165) is 34.3 Å². The van der Waals surface area contributed by atoms with Crippen LogP contribution in [0.2, 0.25) is 0 Å². The molecule has 0 fully saturated rings. The van der Waals surface area contributed by atoms with Crippen molar-refractivity contribution < 1.29 is 9.64 Å². The van der Waals surface area contributed by atoms with Crippen LogP contribution in [0.1, 0.15) is 18.9 Å². The quantitative estimate of drug-likeness (QED) is 0.796. The Bertz CT molecular complexity index is 451. The number of benzene rings is 1. The molecule has 0 bridgehead atoms. The van der Waals surface area contributed by atoms with Gasteiger partial charge in [0, 0.05) is 6.42 Å². The minimum atomic E-state index is 0.841. The van der Waals surface area contributed by atoms with Crippen molar-refractivity contribution in [3.63, 3.8) is 0 Å². The van der Waals surface area contributed by atoms with Gasteiger partial charge in [-0.25, -0.2) is 4.90 Å². The van der Waals surface area contributed by atoms with Crippen molar-refractivity contribution in [2.75, 3.05) is 14.2 Å². The molecule has 1 aliphatic heterocycles. The molecule has 0 aromatic heterocycles. The molecule has 0 saturated carbocycles. The lowest BCUT2D eigenvalue weighted by atomic mass is 10.1. The van der Waals surface area contributed by atoms with E-state index in [4.69, 9.17) is 4.74 Å². The third kappa shape index (κ3) is 1.72. The summed E-state index contributed by atoms with van der Waals surface area (Å²) in [5.74, 6) is 2.82. The molecule has 1 atom stereocenters. The summed E-state index contributed by atoms with van der Waals surface area (Å²) in [4.78, 5) is 1.15. The van der Waals surface area contributed by atoms with E-state index in [-0.39, 0.29) is 0 Å². The second-order valence-corrected chi connectivity index (χ2v) is 3.67. The first-order chi connectivity index (χ1) is 7.77. The van der Waals surface area contributed by atoms with Crippen molar-refractivity contribution in [2.24, 2.45) is 10.2 Å². The molecule has 16 heavy (non-hydrogen) atoms. The maximum Gasteiger partial charge on any atom is 0.262 e. The molecule has 1 aromatic carbocycles. The van der Waals surface area contributed by atoms with Crippen LogP contribution in [0.4, 0.5) is 0 Å². The van der Waals surface area contributed by atoms with Crippen molar-refractivity contribution in [3.05, 3.63) is 29.8 Å². The Labute approximate surface area is 95.2 Å². The standard InChI is InChI=1S/C12H15N3O/c1-4-11-13-14-12(15(11)2)9-7-5-6-8-10(9)16-3/h5-8H,4H2,1-3H3/p+1. The van der Waals surface area contributed by atoms with E-state index in [0.29, 0.717) is 0 Å². The largest absolute Gasteiger partial charge is 0.496 e. The summed E-state index contributed by atoms with van der Waals surface area (Å²) >= 11 is 0. The number of methoxy groups -OCH3 is 1. The fraction of sp³-hybridized carbons (Fsp3) is 0.333. The maximum absolute atomic E-state index is 5.33. The van der Waals surface area contributed by atoms with Gasteiger partial charge in [0.25, 0.3) is 5.84 Å². The fourth-order valence-electron chi connectivity index (χ4n) is 1.83. The zero-order chi connectivity index (χ0) is 11.5. The van der Waals surface area contributed by atoms with Gasteiger partial charge < -0.3 is 4.74 Å². The fourth-order valence-corrected chi connectivity index (χ4v) is 1.83. The Morgan fingerprint density at radius 1 is 1.25 bits per heavy atom. The number of nitrogens with zero attached hydrogens (tertiary/aromatic N) is 2. The molecule has 2 rings (SSSR count). The van der Waals surface area contributed by atoms with Crippen LogP contribution in [0.3, 0.4) is 0 Å². The van der Waals surface area contributed by atoms with Gasteiger partial charge in [0.1, 0.15) is 11.3 Å². The predicted molar refractivity (Wildman–Crippen MR) is 64.1 cm³/mol. The van der Waals surface area contributed by atoms with Crippen LogP contribution < -0.4 is 9.64 Å². The third-order valence-electron chi connectivity index (χ3n) is 2.76. The molecule has 0 aliphatic carbocycles. The average molecular weight is 218 g/mol. The van der Waals surface area contributed by atoms with Gasteiger partial charge in [0.2, 0.25) is 5.84 Å². The zero-order valence-electron chi connectivity index (χ0n) is 9.82. The molecule has 0 radical (unpaired) electrons. The van der Waals surface area contributed by atoms with E-state index in [1.165, 1.54) is 0 Å². The maximum atomic E-state index is 5.33. The number of amidine groups is 2. The van der Waals surface area contributed by atoms with Gasteiger partial charge in [-0.3, -0.25) is 0 Å². The van der Waals surface area contributed by atoms with E-state index < -0.39 is 0 Å². The van der Waals surface area contributed by atoms with Crippen LogP contribution in [0.25, 0.3) is 0 Å². The molecule has 0 spiro atoms. The SMILES string of the molecule is CCC1=NN=C(c2ccccc2OC)[NH+]1C. The van der Waals surface area contributed by atoms with E-state index in [2.05, 4.69) is 24.2 Å². The van der Waals surface area contributed by atoms with Crippen LogP contribution in [-0.2, 0) is 0 Å². The minimum absolute atomic E-state index is 0.841. The molecule has 84 valence electrons. The van der Waals surface area contributed by atoms with Crippen LogP contribution in [-0.4, -0.2) is 25.8 Å². The highest BCUT2D eigenvalue weighted by Gasteiger charge is 2.27. The van der Waals surface area contributed by atoms with Crippen LogP contribution >= 0.6 is 0 Å². The number of rotatable bonds is 3. The van der Waals surface area contributed by atoms with Crippen molar-refractivity contribution in [1.29, 1.82) is 0 Å². The normalized spacial score (nSPS) is 19.3. The van der Waals surface area contributed by atoms with Gasteiger partial charge in [0.15, 0.2) is 0 Å². The number of hydrogen-bond donors (Lipinski definition) is 1. The Hall–Kier alpha value is -1.68. The Morgan fingerprint density at radius 3 is 2.62 bits per heavy atom. The number of hydrogen-bond acceptors (Lipinski definition) is 3. The number of para-hydroxylation sites is 1. The first-order valence-corrected chi connectivity index (χ1v) is 5.40. The van der Waals surface area contributed by atoms with Gasteiger partial charge in [-0.2, -0.15) is 0 Å². The topological polar surface area (TPSA) is 38.4 Å². The van der Waals surface area contributed by atoms with Crippen LogP contribution in [0, 0.1) is 0 Å². The number of quaternary nitrogens is 1. The molecule has 0 saturated heterocycles. The highest BCUT2D eigenvalue weighted by atomic mass is 16.5. The first-order valence-electron chi connectivity index (χ1n) is 5.40. The number of ether oxygens (including phenoxy) is 1. The summed E-state index contributed by atoms with van der Waals surface area (Å²) in [6.45, 7) is 2.09. The first kappa shape index (κ1) is 10.8. The molecule has 4 nitrogen and oxygen atoms in total. The summed E-state index contributed by atoms with van der Waals surface area (Å²) in [5.41, 5.74) is 1.01. The van der Waals surface area contributed by atoms with Gasteiger partial charge in [-0.1, -0.05) is 29.3 Å². The Balaban J connectivity index is 2.34. The van der Waals surface area contributed by atoms with Crippen molar-refractivity contribution in [1.82, 2.24) is 0 Å². The van der Waals surface area contributed by atoms with Gasteiger partial charge in [0.05, 0.1) is 14.2 Å². The van der Waals surface area contributed by atoms with E-state index in [9.17, 15) is 0 Å². The Morgan fingerprint density at radius 2 is 2.00 bits per heavy atom. The van der Waals surface area contributed by atoms with Gasteiger partial charge in [-0.05, 0) is 12.1 Å². The summed E-state index contributed by atoms with van der Waals surface area (Å²) < 4.78 is 5.33. The summed E-state index contributed by atoms with van der Waals surface area (Å²) in [6.07, 6.45) is 0.911. The molecular formula is C12H16N3O+.